The number of hydrogen-bond acceptors (Lipinski definition) is 4. The highest BCUT2D eigenvalue weighted by molar-refractivity contribution is 7.99. The second-order valence-corrected chi connectivity index (χ2v) is 5.51. The maximum atomic E-state index is 11.8. The largest absolute Gasteiger partial charge is 0.497 e. The van der Waals surface area contributed by atoms with Gasteiger partial charge in [-0.05, 0) is 12.1 Å². The van der Waals surface area contributed by atoms with Gasteiger partial charge in [0.15, 0.2) is 0 Å². The van der Waals surface area contributed by atoms with Crippen molar-refractivity contribution in [3.63, 3.8) is 0 Å². The van der Waals surface area contributed by atoms with Gasteiger partial charge in [0.2, 0.25) is 5.91 Å². The normalized spacial score (nSPS) is 18.5. The zero-order valence-corrected chi connectivity index (χ0v) is 12.5. The van der Waals surface area contributed by atoms with Gasteiger partial charge in [0, 0.05) is 23.9 Å². The van der Waals surface area contributed by atoms with Crippen LogP contribution in [0.2, 0.25) is 0 Å². The Morgan fingerprint density at radius 3 is 2.89 bits per heavy atom. The van der Waals surface area contributed by atoms with Gasteiger partial charge in [-0.25, -0.2) is 0 Å². The molecule has 104 valence electrons. The molecule has 0 radical (unpaired) electrons. The van der Waals surface area contributed by atoms with E-state index in [-0.39, 0.29) is 17.2 Å². The number of thioether (sulfide) groups is 1. The molecule has 1 aliphatic heterocycles. The Morgan fingerprint density at radius 1 is 1.47 bits per heavy atom. The lowest BCUT2D eigenvalue weighted by molar-refractivity contribution is -0.128. The summed E-state index contributed by atoms with van der Waals surface area (Å²) in [4.78, 5) is 13.6. The number of ether oxygens (including phenoxy) is 2. The van der Waals surface area contributed by atoms with Gasteiger partial charge in [-0.2, -0.15) is 0 Å². The van der Waals surface area contributed by atoms with E-state index in [1.807, 2.05) is 18.2 Å². The third-order valence-corrected chi connectivity index (χ3v) is 4.50. The maximum Gasteiger partial charge on any atom is 0.238 e. The van der Waals surface area contributed by atoms with Gasteiger partial charge in [0.1, 0.15) is 22.8 Å². The molecule has 1 aromatic carbocycles. The number of carbonyl (C=O) groups is 1. The molecule has 4 nitrogen and oxygen atoms in total. The number of hydrogen-bond donors (Lipinski definition) is 0. The smallest absolute Gasteiger partial charge is 0.238 e. The lowest BCUT2D eigenvalue weighted by Gasteiger charge is -2.25. The van der Waals surface area contributed by atoms with Gasteiger partial charge in [-0.15, -0.1) is 23.4 Å². The average Bonchev–Trinajstić information content (AvgIpc) is 2.94. The summed E-state index contributed by atoms with van der Waals surface area (Å²) >= 11 is 7.37. The Bertz CT molecular complexity index is 469. The highest BCUT2D eigenvalue weighted by Gasteiger charge is 2.32. The van der Waals surface area contributed by atoms with Crippen molar-refractivity contribution < 1.29 is 14.3 Å². The first kappa shape index (κ1) is 14.3. The molecule has 0 spiro atoms. The quantitative estimate of drug-likeness (QED) is 0.801. The molecule has 2 rings (SSSR count). The molecule has 6 heteroatoms. The molecule has 19 heavy (non-hydrogen) atoms. The van der Waals surface area contributed by atoms with Crippen LogP contribution in [0.25, 0.3) is 0 Å². The van der Waals surface area contributed by atoms with Crippen molar-refractivity contribution in [1.29, 1.82) is 0 Å². The first-order valence-corrected chi connectivity index (χ1v) is 7.48. The summed E-state index contributed by atoms with van der Waals surface area (Å²) in [6.45, 7) is 0.718. The van der Waals surface area contributed by atoms with Crippen LogP contribution in [0.1, 0.15) is 10.9 Å². The number of nitrogens with zero attached hydrogens (tertiary/aromatic N) is 1. The van der Waals surface area contributed by atoms with Crippen molar-refractivity contribution in [2.45, 2.75) is 5.37 Å². The van der Waals surface area contributed by atoms with Crippen LogP contribution in [-0.2, 0) is 4.79 Å². The van der Waals surface area contributed by atoms with Crippen molar-refractivity contribution in [2.75, 3.05) is 32.4 Å². The number of methoxy groups -OCH3 is 2. The summed E-state index contributed by atoms with van der Waals surface area (Å²) in [5, 5.41) is -0.0351. The van der Waals surface area contributed by atoms with E-state index in [0.29, 0.717) is 0 Å². The van der Waals surface area contributed by atoms with Crippen molar-refractivity contribution in [3.05, 3.63) is 23.8 Å². The Hall–Kier alpha value is -1.07. The maximum absolute atomic E-state index is 11.8. The molecule has 0 bridgehead atoms. The van der Waals surface area contributed by atoms with Gasteiger partial charge >= 0.3 is 0 Å². The average molecular weight is 302 g/mol. The molecule has 1 heterocycles. The summed E-state index contributed by atoms with van der Waals surface area (Å²) in [5.74, 6) is 2.33. The number of alkyl halides is 1. The number of rotatable bonds is 4. The number of carbonyl (C=O) groups excluding carboxylic acids is 1. The molecule has 1 atom stereocenters. The minimum absolute atomic E-state index is 0.00945. The summed E-state index contributed by atoms with van der Waals surface area (Å²) in [7, 11) is 3.23. The van der Waals surface area contributed by atoms with E-state index in [9.17, 15) is 4.79 Å². The molecule has 1 aliphatic rings. The van der Waals surface area contributed by atoms with E-state index >= 15 is 0 Å². The molecular formula is C13H16ClNO3S. The zero-order valence-electron chi connectivity index (χ0n) is 10.9. The van der Waals surface area contributed by atoms with Crippen LogP contribution in [0.15, 0.2) is 18.2 Å². The molecule has 1 fully saturated rings. The molecule has 0 saturated carbocycles. The molecule has 1 saturated heterocycles. The topological polar surface area (TPSA) is 38.8 Å². The fourth-order valence-electron chi connectivity index (χ4n) is 2.08. The molecule has 0 aliphatic carbocycles. The molecule has 1 amide bonds. The standard InChI is InChI=1S/C13H16ClNO3S/c1-17-9-3-4-10(11(7-9)18-2)13-15(5-6-19-13)12(16)8-14/h3-4,7,13H,5-6,8H2,1-2H3/t13-/m1/s1. The first-order valence-electron chi connectivity index (χ1n) is 5.90. The van der Waals surface area contributed by atoms with Crippen LogP contribution in [-0.4, -0.2) is 43.2 Å². The fourth-order valence-corrected chi connectivity index (χ4v) is 3.54. The van der Waals surface area contributed by atoms with Crippen molar-refractivity contribution in [1.82, 2.24) is 4.90 Å². The Kier molecular flexibility index (Phi) is 4.82. The Labute approximate surface area is 122 Å². The fraction of sp³-hybridized carbons (Fsp3) is 0.462. The van der Waals surface area contributed by atoms with E-state index in [0.717, 1.165) is 29.4 Å². The van der Waals surface area contributed by atoms with Gasteiger partial charge in [-0.3, -0.25) is 4.79 Å². The number of amides is 1. The number of halogens is 1. The van der Waals surface area contributed by atoms with Crippen molar-refractivity contribution >= 4 is 29.3 Å². The molecule has 0 N–H and O–H groups in total. The zero-order chi connectivity index (χ0) is 13.8. The van der Waals surface area contributed by atoms with Crippen LogP contribution in [0.3, 0.4) is 0 Å². The van der Waals surface area contributed by atoms with Crippen LogP contribution in [0.5, 0.6) is 11.5 Å². The highest BCUT2D eigenvalue weighted by atomic mass is 35.5. The second kappa shape index (κ2) is 6.39. The van der Waals surface area contributed by atoms with Crippen LogP contribution < -0.4 is 9.47 Å². The van der Waals surface area contributed by atoms with E-state index < -0.39 is 0 Å². The lowest BCUT2D eigenvalue weighted by atomic mass is 10.1. The van der Waals surface area contributed by atoms with Crippen LogP contribution >= 0.6 is 23.4 Å². The van der Waals surface area contributed by atoms with E-state index in [1.165, 1.54) is 0 Å². The number of benzene rings is 1. The molecule has 0 unspecified atom stereocenters. The third kappa shape index (κ3) is 2.92. The van der Waals surface area contributed by atoms with Crippen molar-refractivity contribution in [3.8, 4) is 11.5 Å². The van der Waals surface area contributed by atoms with E-state index in [2.05, 4.69) is 0 Å². The minimum atomic E-state index is -0.0467. The Morgan fingerprint density at radius 2 is 2.26 bits per heavy atom. The molecular weight excluding hydrogens is 286 g/mol. The predicted octanol–water partition coefficient (Wildman–Crippen LogP) is 2.52. The summed E-state index contributed by atoms with van der Waals surface area (Å²) in [6, 6.07) is 5.65. The van der Waals surface area contributed by atoms with Gasteiger partial charge in [0.25, 0.3) is 0 Å². The van der Waals surface area contributed by atoms with E-state index in [1.54, 1.807) is 30.9 Å². The summed E-state index contributed by atoms with van der Waals surface area (Å²) in [6.07, 6.45) is 0. The first-order chi connectivity index (χ1) is 9.21. The third-order valence-electron chi connectivity index (χ3n) is 3.03. The van der Waals surface area contributed by atoms with Gasteiger partial charge in [0.05, 0.1) is 14.2 Å². The molecule has 0 aromatic heterocycles. The predicted molar refractivity (Wildman–Crippen MR) is 77.2 cm³/mol. The van der Waals surface area contributed by atoms with Crippen molar-refractivity contribution in [2.24, 2.45) is 0 Å². The van der Waals surface area contributed by atoms with Gasteiger partial charge < -0.3 is 14.4 Å². The monoisotopic (exact) mass is 301 g/mol. The summed E-state index contributed by atoms with van der Waals surface area (Å²) < 4.78 is 10.6. The van der Waals surface area contributed by atoms with Crippen LogP contribution in [0.4, 0.5) is 0 Å². The van der Waals surface area contributed by atoms with Gasteiger partial charge in [-0.1, -0.05) is 0 Å². The van der Waals surface area contributed by atoms with Crippen LogP contribution in [0, 0.1) is 0 Å². The van der Waals surface area contributed by atoms with E-state index in [4.69, 9.17) is 21.1 Å². The summed E-state index contributed by atoms with van der Waals surface area (Å²) in [5.41, 5.74) is 0.976. The minimum Gasteiger partial charge on any atom is -0.497 e. The second-order valence-electron chi connectivity index (χ2n) is 4.05. The Balaban J connectivity index is 2.32. The molecule has 1 aromatic rings. The highest BCUT2D eigenvalue weighted by Crippen LogP contribution is 2.42. The lowest BCUT2D eigenvalue weighted by Crippen LogP contribution is -2.31. The SMILES string of the molecule is COc1ccc([C@H]2SCCN2C(=O)CCl)c(OC)c1.